The molecule has 0 saturated carbocycles. The average molecular weight is 271 g/mol. The van der Waals surface area contributed by atoms with Crippen LogP contribution in [0.1, 0.15) is 22.8 Å². The molecular weight excluding hydrogens is 262 g/mol. The van der Waals surface area contributed by atoms with E-state index in [0.29, 0.717) is 0 Å². The van der Waals surface area contributed by atoms with Crippen molar-refractivity contribution in [1.29, 1.82) is 0 Å². The lowest BCUT2D eigenvalue weighted by molar-refractivity contribution is -0.137. The Bertz CT molecular complexity index is 583. The number of aliphatic hydroxyl groups is 1. The predicted octanol–water partition coefficient (Wildman–Crippen LogP) is 3.32. The second-order valence-corrected chi connectivity index (χ2v) is 3.92. The van der Waals surface area contributed by atoms with Gasteiger partial charge in [-0.1, -0.05) is 12.1 Å². The first kappa shape index (κ1) is 13.5. The van der Waals surface area contributed by atoms with Crippen LogP contribution in [0.5, 0.6) is 0 Å². The molecule has 0 aliphatic carbocycles. The molecular formula is C13H9F4NO. The molecule has 0 fully saturated rings. The van der Waals surface area contributed by atoms with E-state index in [1.54, 1.807) is 0 Å². The van der Waals surface area contributed by atoms with Crippen LogP contribution >= 0.6 is 0 Å². The minimum absolute atomic E-state index is 0.0278. The summed E-state index contributed by atoms with van der Waals surface area (Å²) in [6.45, 7) is 0. The van der Waals surface area contributed by atoms with Gasteiger partial charge in [0.2, 0.25) is 0 Å². The van der Waals surface area contributed by atoms with Crippen LogP contribution in [0.2, 0.25) is 0 Å². The van der Waals surface area contributed by atoms with Gasteiger partial charge in [0.05, 0.1) is 11.8 Å². The first-order valence-corrected chi connectivity index (χ1v) is 5.34. The molecule has 100 valence electrons. The zero-order chi connectivity index (χ0) is 14.0. The standard InChI is InChI=1S/C13H9F4NO/c14-11-7-18-5-4-10(11)12(19)8-2-1-3-9(6-8)13(15,16)17/h1-7,12,19H. The van der Waals surface area contributed by atoms with Crippen molar-refractivity contribution in [3.05, 3.63) is 65.2 Å². The molecule has 0 aliphatic heterocycles. The van der Waals surface area contributed by atoms with Crippen molar-refractivity contribution in [2.75, 3.05) is 0 Å². The van der Waals surface area contributed by atoms with Crippen molar-refractivity contribution >= 4 is 0 Å². The van der Waals surface area contributed by atoms with Gasteiger partial charge in [-0.3, -0.25) is 4.98 Å². The van der Waals surface area contributed by atoms with Crippen molar-refractivity contribution in [2.45, 2.75) is 12.3 Å². The summed E-state index contributed by atoms with van der Waals surface area (Å²) in [5.74, 6) is -0.771. The Morgan fingerprint density at radius 3 is 2.53 bits per heavy atom. The number of benzene rings is 1. The largest absolute Gasteiger partial charge is 0.416 e. The lowest BCUT2D eigenvalue weighted by atomic mass is 10.00. The number of pyridine rings is 1. The van der Waals surface area contributed by atoms with Crippen molar-refractivity contribution in [1.82, 2.24) is 4.98 Å². The lowest BCUT2D eigenvalue weighted by Gasteiger charge is -2.14. The van der Waals surface area contributed by atoms with Gasteiger partial charge in [-0.15, -0.1) is 0 Å². The van der Waals surface area contributed by atoms with E-state index in [9.17, 15) is 22.7 Å². The SMILES string of the molecule is OC(c1cccc(C(F)(F)F)c1)c1ccncc1F. The normalized spacial score (nSPS) is 13.3. The minimum atomic E-state index is -4.51. The Hall–Kier alpha value is -1.95. The van der Waals surface area contributed by atoms with Gasteiger partial charge in [0.1, 0.15) is 11.9 Å². The first-order valence-electron chi connectivity index (χ1n) is 5.34. The van der Waals surface area contributed by atoms with Gasteiger partial charge in [0.25, 0.3) is 0 Å². The minimum Gasteiger partial charge on any atom is -0.384 e. The number of hydrogen-bond acceptors (Lipinski definition) is 2. The van der Waals surface area contributed by atoms with Gasteiger partial charge >= 0.3 is 6.18 Å². The van der Waals surface area contributed by atoms with Crippen LogP contribution in [0, 0.1) is 5.82 Å². The highest BCUT2D eigenvalue weighted by molar-refractivity contribution is 5.33. The maximum absolute atomic E-state index is 13.4. The molecule has 2 rings (SSSR count). The molecule has 1 atom stereocenters. The van der Waals surface area contributed by atoms with E-state index in [0.717, 1.165) is 18.3 Å². The Morgan fingerprint density at radius 1 is 1.16 bits per heavy atom. The number of halogens is 4. The zero-order valence-electron chi connectivity index (χ0n) is 9.53. The third kappa shape index (κ3) is 2.90. The van der Waals surface area contributed by atoms with E-state index in [4.69, 9.17) is 0 Å². The molecule has 1 aromatic heterocycles. The number of hydrogen-bond donors (Lipinski definition) is 1. The number of alkyl halides is 3. The average Bonchev–Trinajstić information content (AvgIpc) is 2.38. The van der Waals surface area contributed by atoms with Crippen molar-refractivity contribution in [3.63, 3.8) is 0 Å². The third-order valence-electron chi connectivity index (χ3n) is 2.63. The third-order valence-corrected chi connectivity index (χ3v) is 2.63. The molecule has 19 heavy (non-hydrogen) atoms. The fourth-order valence-electron chi connectivity index (χ4n) is 1.67. The van der Waals surface area contributed by atoms with Gasteiger partial charge in [0.15, 0.2) is 0 Å². The molecule has 1 aromatic carbocycles. The fraction of sp³-hybridized carbons (Fsp3) is 0.154. The zero-order valence-corrected chi connectivity index (χ0v) is 9.53. The van der Waals surface area contributed by atoms with Crippen LogP contribution in [0.25, 0.3) is 0 Å². The molecule has 0 radical (unpaired) electrons. The molecule has 0 amide bonds. The Kier molecular flexibility index (Phi) is 3.53. The highest BCUT2D eigenvalue weighted by Gasteiger charge is 2.31. The van der Waals surface area contributed by atoms with E-state index < -0.39 is 23.7 Å². The topological polar surface area (TPSA) is 33.1 Å². The summed E-state index contributed by atoms with van der Waals surface area (Å²) in [5, 5.41) is 9.93. The smallest absolute Gasteiger partial charge is 0.384 e. The molecule has 0 bridgehead atoms. The van der Waals surface area contributed by atoms with Crippen LogP contribution < -0.4 is 0 Å². The highest BCUT2D eigenvalue weighted by Crippen LogP contribution is 2.32. The Balaban J connectivity index is 2.40. The second kappa shape index (κ2) is 4.97. The van der Waals surface area contributed by atoms with Crippen LogP contribution in [0.3, 0.4) is 0 Å². The monoisotopic (exact) mass is 271 g/mol. The second-order valence-electron chi connectivity index (χ2n) is 3.92. The first-order chi connectivity index (χ1) is 8.89. The molecule has 0 spiro atoms. The van der Waals surface area contributed by atoms with Gasteiger partial charge < -0.3 is 5.11 Å². The summed E-state index contributed by atoms with van der Waals surface area (Å²) in [5.41, 5.74) is -1.03. The van der Waals surface area contributed by atoms with Gasteiger partial charge in [-0.05, 0) is 23.8 Å². The Labute approximate surface area is 106 Å². The van der Waals surface area contributed by atoms with Crippen LogP contribution in [0.4, 0.5) is 17.6 Å². The van der Waals surface area contributed by atoms with Crippen LogP contribution in [0.15, 0.2) is 42.7 Å². The molecule has 0 saturated heterocycles. The van der Waals surface area contributed by atoms with E-state index in [-0.39, 0.29) is 11.1 Å². The molecule has 0 aliphatic rings. The summed E-state index contributed by atoms with van der Waals surface area (Å²) in [6, 6.07) is 5.38. The summed E-state index contributed by atoms with van der Waals surface area (Å²) in [7, 11) is 0. The van der Waals surface area contributed by atoms with Crippen molar-refractivity contribution in [2.24, 2.45) is 0 Å². The summed E-state index contributed by atoms with van der Waals surface area (Å²) in [6.07, 6.45) is -3.82. The number of aliphatic hydroxyl groups excluding tert-OH is 1. The molecule has 2 aromatic rings. The number of rotatable bonds is 2. The molecule has 1 unspecified atom stereocenters. The van der Waals surface area contributed by atoms with E-state index in [1.165, 1.54) is 24.4 Å². The number of nitrogens with zero attached hydrogens (tertiary/aromatic N) is 1. The van der Waals surface area contributed by atoms with E-state index >= 15 is 0 Å². The molecule has 1 heterocycles. The summed E-state index contributed by atoms with van der Waals surface area (Å²) in [4.78, 5) is 3.51. The predicted molar refractivity (Wildman–Crippen MR) is 59.7 cm³/mol. The van der Waals surface area contributed by atoms with Gasteiger partial charge in [-0.2, -0.15) is 13.2 Å². The van der Waals surface area contributed by atoms with Crippen molar-refractivity contribution in [3.8, 4) is 0 Å². The Morgan fingerprint density at radius 2 is 1.89 bits per heavy atom. The molecule has 6 heteroatoms. The van der Waals surface area contributed by atoms with E-state index in [1.807, 2.05) is 0 Å². The van der Waals surface area contributed by atoms with Crippen molar-refractivity contribution < 1.29 is 22.7 Å². The molecule has 1 N–H and O–H groups in total. The fourth-order valence-corrected chi connectivity index (χ4v) is 1.67. The molecule has 2 nitrogen and oxygen atoms in total. The summed E-state index contributed by atoms with van der Waals surface area (Å²) < 4.78 is 51.1. The van der Waals surface area contributed by atoms with Gasteiger partial charge in [-0.25, -0.2) is 4.39 Å². The summed E-state index contributed by atoms with van der Waals surface area (Å²) >= 11 is 0. The highest BCUT2D eigenvalue weighted by atomic mass is 19.4. The maximum atomic E-state index is 13.4. The van der Waals surface area contributed by atoms with Gasteiger partial charge in [0, 0.05) is 11.8 Å². The maximum Gasteiger partial charge on any atom is 0.416 e. The van der Waals surface area contributed by atoms with E-state index in [2.05, 4.69) is 4.98 Å². The van der Waals surface area contributed by atoms with Crippen LogP contribution in [-0.4, -0.2) is 10.1 Å². The van der Waals surface area contributed by atoms with Crippen LogP contribution in [-0.2, 0) is 6.18 Å². The number of aromatic nitrogens is 1. The quantitative estimate of drug-likeness (QED) is 0.850. The lowest BCUT2D eigenvalue weighted by Crippen LogP contribution is -2.08.